The van der Waals surface area contributed by atoms with Gasteiger partial charge >= 0.3 is 0 Å². The number of anilines is 1. The molecule has 2 heterocycles. The summed E-state index contributed by atoms with van der Waals surface area (Å²) in [5.41, 5.74) is 1.60. The van der Waals surface area contributed by atoms with Gasteiger partial charge < -0.3 is 13.9 Å². The fraction of sp³-hybridized carbons (Fsp3) is 0.176. The number of nitrogens with one attached hydrogen (secondary N) is 1. The van der Waals surface area contributed by atoms with Crippen LogP contribution in [-0.4, -0.2) is 25.1 Å². The molecule has 0 unspecified atom stereocenters. The van der Waals surface area contributed by atoms with Crippen LogP contribution in [-0.2, 0) is 0 Å². The number of amides is 1. The summed E-state index contributed by atoms with van der Waals surface area (Å²) < 4.78 is 15.7. The van der Waals surface area contributed by atoms with Crippen LogP contribution in [0.15, 0.2) is 41.0 Å². The van der Waals surface area contributed by atoms with Gasteiger partial charge in [0.25, 0.3) is 5.91 Å². The molecule has 24 heavy (non-hydrogen) atoms. The number of ether oxygens (including phenoxy) is 2. The van der Waals surface area contributed by atoms with Crippen molar-refractivity contribution in [3.63, 3.8) is 0 Å². The first kappa shape index (κ1) is 16.1. The second-order valence-corrected chi connectivity index (χ2v) is 6.12. The molecule has 124 valence electrons. The van der Waals surface area contributed by atoms with Crippen molar-refractivity contribution in [1.29, 1.82) is 0 Å². The highest BCUT2D eigenvalue weighted by Gasteiger charge is 2.17. The Morgan fingerprint density at radius 1 is 1.25 bits per heavy atom. The van der Waals surface area contributed by atoms with Gasteiger partial charge in [0.1, 0.15) is 11.5 Å². The third kappa shape index (κ3) is 3.11. The quantitative estimate of drug-likeness (QED) is 0.758. The molecule has 0 aliphatic heterocycles. The van der Waals surface area contributed by atoms with E-state index in [0.717, 1.165) is 16.1 Å². The molecule has 1 aromatic carbocycles. The van der Waals surface area contributed by atoms with E-state index in [4.69, 9.17) is 13.9 Å². The first-order valence-electron chi connectivity index (χ1n) is 7.17. The molecular formula is C17H16N2O4S. The highest BCUT2D eigenvalue weighted by molar-refractivity contribution is 7.16. The normalized spacial score (nSPS) is 10.5. The lowest BCUT2D eigenvalue weighted by Gasteiger charge is -2.09. The molecule has 0 aliphatic rings. The molecule has 0 aliphatic carbocycles. The van der Waals surface area contributed by atoms with Crippen LogP contribution in [0.1, 0.15) is 15.4 Å². The third-order valence-electron chi connectivity index (χ3n) is 3.43. The number of furan rings is 1. The number of carbonyl (C=O) groups is 1. The van der Waals surface area contributed by atoms with Crippen molar-refractivity contribution in [2.45, 2.75) is 6.92 Å². The zero-order valence-corrected chi connectivity index (χ0v) is 14.3. The molecule has 0 spiro atoms. The van der Waals surface area contributed by atoms with Gasteiger partial charge in [-0.05, 0) is 31.2 Å². The van der Waals surface area contributed by atoms with E-state index in [1.54, 1.807) is 32.4 Å². The summed E-state index contributed by atoms with van der Waals surface area (Å²) in [4.78, 5) is 17.5. The summed E-state index contributed by atoms with van der Waals surface area (Å²) in [5, 5.41) is 3.25. The van der Waals surface area contributed by atoms with Gasteiger partial charge in [-0.2, -0.15) is 0 Å². The molecule has 3 aromatic rings. The summed E-state index contributed by atoms with van der Waals surface area (Å²) in [7, 11) is 3.20. The van der Waals surface area contributed by atoms with E-state index in [1.807, 2.05) is 19.1 Å². The molecule has 0 fully saturated rings. The molecular weight excluding hydrogens is 328 g/mol. The van der Waals surface area contributed by atoms with E-state index in [9.17, 15) is 4.79 Å². The van der Waals surface area contributed by atoms with Gasteiger partial charge in [0.05, 0.1) is 26.2 Å². The Hall–Kier alpha value is -2.80. The number of hydrogen-bond acceptors (Lipinski definition) is 6. The van der Waals surface area contributed by atoms with Gasteiger partial charge in [0, 0.05) is 16.5 Å². The monoisotopic (exact) mass is 344 g/mol. The number of hydrogen-bond donors (Lipinski definition) is 1. The summed E-state index contributed by atoms with van der Waals surface area (Å²) in [6.07, 6.45) is 1.45. The maximum Gasteiger partial charge on any atom is 0.293 e. The van der Waals surface area contributed by atoms with Crippen LogP contribution in [0, 0.1) is 6.92 Å². The molecule has 6 nitrogen and oxygen atoms in total. The van der Waals surface area contributed by atoms with Gasteiger partial charge in [-0.1, -0.05) is 0 Å². The second kappa shape index (κ2) is 6.76. The number of nitrogens with zero attached hydrogens (tertiary/aromatic N) is 1. The molecule has 0 radical (unpaired) electrons. The summed E-state index contributed by atoms with van der Waals surface area (Å²) in [6, 6.07) is 8.80. The topological polar surface area (TPSA) is 73.6 Å². The van der Waals surface area contributed by atoms with E-state index in [1.165, 1.54) is 17.6 Å². The predicted molar refractivity (Wildman–Crippen MR) is 92.1 cm³/mol. The van der Waals surface area contributed by atoms with Crippen molar-refractivity contribution >= 4 is 22.4 Å². The van der Waals surface area contributed by atoms with Crippen LogP contribution in [0.3, 0.4) is 0 Å². The highest BCUT2D eigenvalue weighted by Crippen LogP contribution is 2.37. The van der Waals surface area contributed by atoms with E-state index in [2.05, 4.69) is 10.3 Å². The van der Waals surface area contributed by atoms with Crippen molar-refractivity contribution < 1.29 is 18.7 Å². The van der Waals surface area contributed by atoms with Crippen molar-refractivity contribution in [2.75, 3.05) is 19.5 Å². The van der Waals surface area contributed by atoms with Crippen molar-refractivity contribution in [2.24, 2.45) is 0 Å². The Labute approximate surface area is 143 Å². The Kier molecular flexibility index (Phi) is 4.52. The van der Waals surface area contributed by atoms with E-state index >= 15 is 0 Å². The van der Waals surface area contributed by atoms with Crippen molar-refractivity contribution in [1.82, 2.24) is 4.98 Å². The molecule has 3 rings (SSSR count). The minimum absolute atomic E-state index is 0.242. The van der Waals surface area contributed by atoms with Gasteiger partial charge in [0.15, 0.2) is 10.9 Å². The summed E-state index contributed by atoms with van der Waals surface area (Å²) in [6.45, 7) is 1.94. The Morgan fingerprint density at radius 2 is 2.08 bits per heavy atom. The van der Waals surface area contributed by atoms with E-state index < -0.39 is 0 Å². The fourth-order valence-electron chi connectivity index (χ4n) is 2.26. The van der Waals surface area contributed by atoms with Gasteiger partial charge in [-0.25, -0.2) is 4.98 Å². The summed E-state index contributed by atoms with van der Waals surface area (Å²) >= 11 is 1.39. The summed E-state index contributed by atoms with van der Waals surface area (Å²) in [5.74, 6) is 1.27. The lowest BCUT2D eigenvalue weighted by atomic mass is 10.1. The average Bonchev–Trinajstić information content (AvgIpc) is 3.24. The van der Waals surface area contributed by atoms with Crippen LogP contribution in [0.4, 0.5) is 5.13 Å². The van der Waals surface area contributed by atoms with Crippen LogP contribution in [0.25, 0.3) is 11.3 Å². The van der Waals surface area contributed by atoms with Crippen LogP contribution in [0.2, 0.25) is 0 Å². The molecule has 1 amide bonds. The number of methoxy groups -OCH3 is 2. The average molecular weight is 344 g/mol. The standard InChI is InChI=1S/C17H16N2O4S/c1-10-15(12-7-6-11(21-2)9-14(12)22-3)18-17(24-10)19-16(20)13-5-4-8-23-13/h4-9H,1-3H3,(H,18,19,20). The van der Waals surface area contributed by atoms with Gasteiger partial charge in [-0.3, -0.25) is 10.1 Å². The predicted octanol–water partition coefficient (Wildman–Crippen LogP) is 3.98. The smallest absolute Gasteiger partial charge is 0.293 e. The largest absolute Gasteiger partial charge is 0.497 e. The van der Waals surface area contributed by atoms with Gasteiger partial charge in [-0.15, -0.1) is 11.3 Å². The molecule has 1 N–H and O–H groups in total. The molecule has 0 atom stereocenters. The van der Waals surface area contributed by atoms with Crippen LogP contribution < -0.4 is 14.8 Å². The Bertz CT molecular complexity index is 856. The maximum absolute atomic E-state index is 12.1. The lowest BCUT2D eigenvalue weighted by Crippen LogP contribution is -2.10. The van der Waals surface area contributed by atoms with Crippen molar-refractivity contribution in [3.8, 4) is 22.8 Å². The van der Waals surface area contributed by atoms with Gasteiger partial charge in [0.2, 0.25) is 0 Å². The Balaban J connectivity index is 1.90. The van der Waals surface area contributed by atoms with E-state index in [0.29, 0.717) is 16.6 Å². The van der Waals surface area contributed by atoms with Crippen LogP contribution >= 0.6 is 11.3 Å². The van der Waals surface area contributed by atoms with Crippen LogP contribution in [0.5, 0.6) is 11.5 Å². The third-order valence-corrected chi connectivity index (χ3v) is 4.31. The Morgan fingerprint density at radius 3 is 2.75 bits per heavy atom. The zero-order valence-electron chi connectivity index (χ0n) is 13.5. The number of carbonyl (C=O) groups excluding carboxylic acids is 1. The first-order valence-corrected chi connectivity index (χ1v) is 7.98. The lowest BCUT2D eigenvalue weighted by molar-refractivity contribution is 0.0996. The minimum atomic E-state index is -0.331. The molecule has 7 heteroatoms. The number of benzene rings is 1. The molecule has 0 saturated carbocycles. The van der Waals surface area contributed by atoms with E-state index in [-0.39, 0.29) is 11.7 Å². The number of rotatable bonds is 5. The zero-order chi connectivity index (χ0) is 17.1. The molecule has 0 saturated heterocycles. The highest BCUT2D eigenvalue weighted by atomic mass is 32.1. The molecule has 2 aromatic heterocycles. The molecule has 0 bridgehead atoms. The number of aryl methyl sites for hydroxylation is 1. The SMILES string of the molecule is COc1ccc(-c2nc(NC(=O)c3ccco3)sc2C)c(OC)c1. The number of thiazole rings is 1. The maximum atomic E-state index is 12.1. The number of aromatic nitrogens is 1. The first-order chi connectivity index (χ1) is 11.6. The fourth-order valence-corrected chi connectivity index (χ4v) is 3.08. The van der Waals surface area contributed by atoms with Crippen molar-refractivity contribution in [3.05, 3.63) is 47.2 Å². The second-order valence-electron chi connectivity index (χ2n) is 4.92. The minimum Gasteiger partial charge on any atom is -0.497 e.